The van der Waals surface area contributed by atoms with Gasteiger partial charge >= 0.3 is 5.97 Å². The Hall–Kier alpha value is -2.24. The lowest BCUT2D eigenvalue weighted by Crippen LogP contribution is -2.50. The smallest absolute Gasteiger partial charge is 0.348 e. The molecule has 6 heteroatoms. The van der Waals surface area contributed by atoms with Gasteiger partial charge in [0.1, 0.15) is 5.75 Å². The Labute approximate surface area is 148 Å². The fourth-order valence-electron chi connectivity index (χ4n) is 3.67. The molecule has 1 N–H and O–H groups in total. The fraction of sp³-hybridized carbons (Fsp3) is 0.579. The van der Waals surface area contributed by atoms with Gasteiger partial charge in [-0.25, -0.2) is 4.79 Å². The molecule has 1 saturated carbocycles. The Balaban J connectivity index is 1.69. The van der Waals surface area contributed by atoms with Crippen molar-refractivity contribution in [3.05, 3.63) is 24.3 Å². The summed E-state index contributed by atoms with van der Waals surface area (Å²) in [6.07, 6.45) is 3.89. The van der Waals surface area contributed by atoms with Gasteiger partial charge in [-0.3, -0.25) is 4.79 Å². The van der Waals surface area contributed by atoms with Crippen LogP contribution in [0.2, 0.25) is 0 Å². The number of esters is 1. The largest absolute Gasteiger partial charge is 0.475 e. The van der Waals surface area contributed by atoms with Crippen LogP contribution in [0.4, 0.5) is 5.69 Å². The molecule has 0 unspecified atom stereocenters. The van der Waals surface area contributed by atoms with Crippen molar-refractivity contribution in [1.82, 2.24) is 5.32 Å². The van der Waals surface area contributed by atoms with Crippen molar-refractivity contribution in [2.24, 2.45) is 5.92 Å². The third kappa shape index (κ3) is 4.06. The van der Waals surface area contributed by atoms with Crippen LogP contribution in [0.1, 0.15) is 32.6 Å². The molecule has 136 valence electrons. The second-order valence-corrected chi connectivity index (χ2v) is 6.91. The highest BCUT2D eigenvalue weighted by Crippen LogP contribution is 2.33. The van der Waals surface area contributed by atoms with Gasteiger partial charge in [-0.1, -0.05) is 31.9 Å². The Bertz CT molecular complexity index is 634. The summed E-state index contributed by atoms with van der Waals surface area (Å²) in [4.78, 5) is 26.4. The van der Waals surface area contributed by atoms with Gasteiger partial charge in [-0.15, -0.1) is 0 Å². The van der Waals surface area contributed by atoms with Crippen LogP contribution in [-0.2, 0) is 14.3 Å². The second-order valence-electron chi connectivity index (χ2n) is 6.91. The van der Waals surface area contributed by atoms with Gasteiger partial charge in [0.05, 0.1) is 25.9 Å². The molecule has 1 aromatic carbocycles. The molecule has 6 nitrogen and oxygen atoms in total. The zero-order chi connectivity index (χ0) is 17.8. The molecule has 0 spiro atoms. The maximum Gasteiger partial charge on any atom is 0.348 e. The van der Waals surface area contributed by atoms with E-state index >= 15 is 0 Å². The number of nitrogens with zero attached hydrogens (tertiary/aromatic N) is 1. The lowest BCUT2D eigenvalue weighted by atomic mass is 9.86. The normalized spacial score (nSPS) is 25.5. The Kier molecular flexibility index (Phi) is 5.46. The van der Waals surface area contributed by atoms with E-state index in [1.807, 2.05) is 23.1 Å². The van der Waals surface area contributed by atoms with Gasteiger partial charge in [0.15, 0.2) is 0 Å². The van der Waals surface area contributed by atoms with E-state index < -0.39 is 12.1 Å². The minimum atomic E-state index is -0.721. The van der Waals surface area contributed by atoms with Crippen LogP contribution in [0.25, 0.3) is 0 Å². The monoisotopic (exact) mass is 346 g/mol. The molecule has 1 aliphatic heterocycles. The summed E-state index contributed by atoms with van der Waals surface area (Å²) >= 11 is 0. The highest BCUT2D eigenvalue weighted by atomic mass is 16.6. The predicted molar refractivity (Wildman–Crippen MR) is 94.6 cm³/mol. The summed E-state index contributed by atoms with van der Waals surface area (Å²) < 4.78 is 10.5. The molecule has 3 atom stereocenters. The molecule has 1 aliphatic carbocycles. The van der Waals surface area contributed by atoms with E-state index in [4.69, 9.17) is 9.47 Å². The first-order valence-corrected chi connectivity index (χ1v) is 8.96. The lowest BCUT2D eigenvalue weighted by molar-refractivity contribution is -0.148. The molecule has 1 heterocycles. The van der Waals surface area contributed by atoms with E-state index in [0.717, 1.165) is 18.5 Å². The van der Waals surface area contributed by atoms with Crippen molar-refractivity contribution < 1.29 is 19.1 Å². The van der Waals surface area contributed by atoms with E-state index in [1.165, 1.54) is 20.0 Å². The molecule has 1 amide bonds. The Morgan fingerprint density at radius 1 is 1.28 bits per heavy atom. The van der Waals surface area contributed by atoms with E-state index in [-0.39, 0.29) is 18.5 Å². The molecule has 25 heavy (non-hydrogen) atoms. The molecule has 3 rings (SSSR count). The number of carbonyl (C=O) groups is 2. The number of hydrogen-bond acceptors (Lipinski definition) is 5. The van der Waals surface area contributed by atoms with E-state index in [0.29, 0.717) is 18.2 Å². The lowest BCUT2D eigenvalue weighted by Gasteiger charge is -2.35. The van der Waals surface area contributed by atoms with E-state index in [1.54, 1.807) is 6.07 Å². The number of carbonyl (C=O) groups excluding carboxylic acids is 2. The average molecular weight is 346 g/mol. The number of para-hydroxylation sites is 2. The summed E-state index contributed by atoms with van der Waals surface area (Å²) in [6.45, 7) is 2.70. The number of benzene rings is 1. The third-order valence-electron chi connectivity index (χ3n) is 5.12. The zero-order valence-corrected chi connectivity index (χ0v) is 14.9. The number of anilines is 1. The van der Waals surface area contributed by atoms with Crippen LogP contribution in [0.15, 0.2) is 24.3 Å². The molecule has 0 radical (unpaired) electrons. The van der Waals surface area contributed by atoms with Crippen molar-refractivity contribution >= 4 is 17.6 Å². The van der Waals surface area contributed by atoms with Gasteiger partial charge in [0.25, 0.3) is 0 Å². The molecular formula is C19H26N2O4. The SMILES string of the molecule is COC(=O)[C@H]1CN(CC(=O)N[C@H]2CCCC[C@@H]2C)c2ccccc2O1. The van der Waals surface area contributed by atoms with Crippen LogP contribution in [0, 0.1) is 5.92 Å². The first-order chi connectivity index (χ1) is 12.1. The quantitative estimate of drug-likeness (QED) is 0.846. The van der Waals surface area contributed by atoms with Gasteiger partial charge in [0, 0.05) is 6.04 Å². The zero-order valence-electron chi connectivity index (χ0n) is 14.9. The molecule has 1 aromatic rings. The topological polar surface area (TPSA) is 67.9 Å². The number of fused-ring (bicyclic) bond motifs is 1. The number of ether oxygens (including phenoxy) is 2. The van der Waals surface area contributed by atoms with E-state index in [9.17, 15) is 9.59 Å². The minimum absolute atomic E-state index is 0.0148. The molecule has 2 aliphatic rings. The molecule has 1 fully saturated rings. The van der Waals surface area contributed by atoms with Crippen LogP contribution in [0.3, 0.4) is 0 Å². The first-order valence-electron chi connectivity index (χ1n) is 8.96. The summed E-state index contributed by atoms with van der Waals surface area (Å²) in [5.41, 5.74) is 0.828. The van der Waals surface area contributed by atoms with Gasteiger partial charge in [-0.05, 0) is 30.9 Å². The highest BCUT2D eigenvalue weighted by molar-refractivity contribution is 5.84. The molecular weight excluding hydrogens is 320 g/mol. The Morgan fingerprint density at radius 3 is 2.80 bits per heavy atom. The van der Waals surface area contributed by atoms with Gasteiger partial charge < -0.3 is 19.7 Å². The average Bonchev–Trinajstić information content (AvgIpc) is 2.62. The van der Waals surface area contributed by atoms with Crippen LogP contribution >= 0.6 is 0 Å². The summed E-state index contributed by atoms with van der Waals surface area (Å²) in [6, 6.07) is 7.70. The fourth-order valence-corrected chi connectivity index (χ4v) is 3.67. The summed E-state index contributed by atoms with van der Waals surface area (Å²) in [5.74, 6) is 0.667. The van der Waals surface area contributed by atoms with Gasteiger partial charge in [0.2, 0.25) is 12.0 Å². The van der Waals surface area contributed by atoms with Gasteiger partial charge in [-0.2, -0.15) is 0 Å². The highest BCUT2D eigenvalue weighted by Gasteiger charge is 2.32. The maximum absolute atomic E-state index is 12.6. The predicted octanol–water partition coefficient (Wildman–Crippen LogP) is 2.12. The van der Waals surface area contributed by atoms with Crippen LogP contribution in [0.5, 0.6) is 5.75 Å². The molecule has 0 saturated heterocycles. The van der Waals surface area contributed by atoms with E-state index in [2.05, 4.69) is 12.2 Å². The minimum Gasteiger partial charge on any atom is -0.475 e. The molecule has 0 bridgehead atoms. The van der Waals surface area contributed by atoms with Crippen LogP contribution in [-0.4, -0.2) is 44.2 Å². The number of hydrogen-bond donors (Lipinski definition) is 1. The second kappa shape index (κ2) is 7.76. The van der Waals surface area contributed by atoms with Crippen molar-refractivity contribution in [3.8, 4) is 5.75 Å². The van der Waals surface area contributed by atoms with Crippen molar-refractivity contribution in [1.29, 1.82) is 0 Å². The summed E-state index contributed by atoms with van der Waals surface area (Å²) in [7, 11) is 1.34. The van der Waals surface area contributed by atoms with Crippen molar-refractivity contribution in [2.45, 2.75) is 44.8 Å². The van der Waals surface area contributed by atoms with Crippen molar-refractivity contribution in [3.63, 3.8) is 0 Å². The summed E-state index contributed by atoms with van der Waals surface area (Å²) in [5, 5.41) is 3.17. The van der Waals surface area contributed by atoms with Crippen LogP contribution < -0.4 is 15.0 Å². The Morgan fingerprint density at radius 2 is 2.04 bits per heavy atom. The molecule has 0 aromatic heterocycles. The number of rotatable bonds is 4. The first kappa shape index (κ1) is 17.6. The maximum atomic E-state index is 12.6. The standard InChI is InChI=1S/C19H26N2O4/c1-13-7-3-4-8-14(13)20-18(22)12-21-11-17(19(23)24-2)25-16-10-6-5-9-15(16)21/h5-6,9-10,13-14,17H,3-4,7-8,11-12H2,1-2H3,(H,20,22)/t13-,14-,17+/m0/s1. The third-order valence-corrected chi connectivity index (χ3v) is 5.12. The number of nitrogens with one attached hydrogen (secondary N) is 1. The number of amides is 1. The number of methoxy groups -OCH3 is 1. The van der Waals surface area contributed by atoms with Crippen molar-refractivity contribution in [2.75, 3.05) is 25.1 Å².